The normalized spacial score (nSPS) is 18.4. The highest BCUT2D eigenvalue weighted by Gasteiger charge is 2.41. The molecule has 0 aliphatic carbocycles. The number of amides is 1. The number of carbonyl (C=O) groups is 2. The van der Waals surface area contributed by atoms with Crippen molar-refractivity contribution in [2.24, 2.45) is 0 Å². The summed E-state index contributed by atoms with van der Waals surface area (Å²) in [7, 11) is -4.02. The van der Waals surface area contributed by atoms with Crippen molar-refractivity contribution in [1.29, 1.82) is 5.26 Å². The summed E-state index contributed by atoms with van der Waals surface area (Å²) in [6, 6.07) is 6.75. The molecule has 1 aromatic carbocycles. The smallest absolute Gasteiger partial charge is 0.410 e. The Labute approximate surface area is 164 Å². The number of sulfonamides is 1. The van der Waals surface area contributed by atoms with Gasteiger partial charge in [0, 0.05) is 13.1 Å². The Hall–Kier alpha value is -2.64. The number of nitrogens with zero attached hydrogens (tertiary/aromatic N) is 3. The first-order chi connectivity index (χ1) is 12.9. The van der Waals surface area contributed by atoms with E-state index in [1.54, 1.807) is 32.9 Å². The van der Waals surface area contributed by atoms with E-state index >= 15 is 0 Å². The van der Waals surface area contributed by atoms with Crippen molar-refractivity contribution < 1.29 is 27.9 Å². The van der Waals surface area contributed by atoms with Crippen LogP contribution in [0, 0.1) is 11.3 Å². The van der Waals surface area contributed by atoms with Crippen LogP contribution in [-0.4, -0.2) is 66.1 Å². The minimum absolute atomic E-state index is 0.0117. The first kappa shape index (κ1) is 21.7. The number of rotatable bonds is 4. The molecule has 1 amide bonds. The predicted molar refractivity (Wildman–Crippen MR) is 99.7 cm³/mol. The summed E-state index contributed by atoms with van der Waals surface area (Å²) in [5.41, 5.74) is -0.242. The van der Waals surface area contributed by atoms with E-state index in [9.17, 15) is 23.1 Å². The molecule has 1 N–H and O–H groups in total. The van der Waals surface area contributed by atoms with Gasteiger partial charge in [0.1, 0.15) is 11.6 Å². The number of carboxylic acid groups (broad SMARTS) is 1. The van der Waals surface area contributed by atoms with Crippen LogP contribution in [0.15, 0.2) is 24.3 Å². The van der Waals surface area contributed by atoms with Crippen LogP contribution in [-0.2, 0) is 25.3 Å². The quantitative estimate of drug-likeness (QED) is 0.796. The zero-order chi connectivity index (χ0) is 21.1. The van der Waals surface area contributed by atoms with Crippen LogP contribution < -0.4 is 0 Å². The van der Waals surface area contributed by atoms with Gasteiger partial charge in [0.2, 0.25) is 10.0 Å². The minimum atomic E-state index is -4.02. The topological polar surface area (TPSA) is 128 Å². The van der Waals surface area contributed by atoms with Crippen LogP contribution in [0.4, 0.5) is 4.79 Å². The van der Waals surface area contributed by atoms with Crippen LogP contribution >= 0.6 is 0 Å². The summed E-state index contributed by atoms with van der Waals surface area (Å²) in [6.07, 6.45) is -0.689. The fourth-order valence-electron chi connectivity index (χ4n) is 2.83. The van der Waals surface area contributed by atoms with Gasteiger partial charge in [-0.3, -0.25) is 4.79 Å². The van der Waals surface area contributed by atoms with E-state index in [1.807, 2.05) is 6.07 Å². The number of hydrogen-bond donors (Lipinski definition) is 1. The van der Waals surface area contributed by atoms with Gasteiger partial charge >= 0.3 is 12.1 Å². The Kier molecular flexibility index (Phi) is 6.31. The Balaban J connectivity index is 2.22. The molecule has 10 heteroatoms. The highest BCUT2D eigenvalue weighted by Crippen LogP contribution is 2.21. The van der Waals surface area contributed by atoms with Crippen LogP contribution in [0.25, 0.3) is 0 Å². The largest absolute Gasteiger partial charge is 0.480 e. The van der Waals surface area contributed by atoms with Crippen molar-refractivity contribution in [2.45, 2.75) is 38.2 Å². The average molecular weight is 409 g/mol. The van der Waals surface area contributed by atoms with Crippen LogP contribution in [0.1, 0.15) is 31.9 Å². The average Bonchev–Trinajstić information content (AvgIpc) is 2.59. The van der Waals surface area contributed by atoms with Gasteiger partial charge in [-0.2, -0.15) is 9.57 Å². The predicted octanol–water partition coefficient (Wildman–Crippen LogP) is 1.39. The molecule has 9 nitrogen and oxygen atoms in total. The van der Waals surface area contributed by atoms with Gasteiger partial charge in [-0.1, -0.05) is 18.2 Å². The molecular formula is C18H23N3O6S. The number of carbonyl (C=O) groups excluding carboxylic acids is 1. The summed E-state index contributed by atoms with van der Waals surface area (Å²) in [5, 5.41) is 18.7. The second-order valence-corrected chi connectivity index (χ2v) is 9.34. The Morgan fingerprint density at radius 1 is 1.29 bits per heavy atom. The highest BCUT2D eigenvalue weighted by molar-refractivity contribution is 7.88. The number of hydrogen-bond acceptors (Lipinski definition) is 6. The summed E-state index contributed by atoms with van der Waals surface area (Å²) >= 11 is 0. The first-order valence-electron chi connectivity index (χ1n) is 8.63. The van der Waals surface area contributed by atoms with E-state index in [4.69, 9.17) is 10.00 Å². The molecule has 2 rings (SSSR count). The molecule has 28 heavy (non-hydrogen) atoms. The summed E-state index contributed by atoms with van der Waals surface area (Å²) in [4.78, 5) is 25.1. The van der Waals surface area contributed by atoms with E-state index in [1.165, 1.54) is 17.0 Å². The molecule has 1 heterocycles. The van der Waals surface area contributed by atoms with Crippen molar-refractivity contribution in [3.63, 3.8) is 0 Å². The number of carboxylic acids is 1. The number of benzene rings is 1. The number of ether oxygens (including phenoxy) is 1. The summed E-state index contributed by atoms with van der Waals surface area (Å²) in [6.45, 7) is 4.58. The van der Waals surface area contributed by atoms with Crippen molar-refractivity contribution in [3.8, 4) is 6.07 Å². The third-order valence-corrected chi connectivity index (χ3v) is 5.93. The number of aliphatic carboxylic acids is 1. The molecule has 0 bridgehead atoms. The van der Waals surface area contributed by atoms with Crippen LogP contribution in [0.3, 0.4) is 0 Å². The third kappa shape index (κ3) is 5.21. The molecule has 1 aliphatic rings. The van der Waals surface area contributed by atoms with Gasteiger partial charge in [-0.05, 0) is 32.4 Å². The molecule has 0 spiro atoms. The minimum Gasteiger partial charge on any atom is -0.480 e. The van der Waals surface area contributed by atoms with Gasteiger partial charge < -0.3 is 14.7 Å². The van der Waals surface area contributed by atoms with Gasteiger partial charge in [0.25, 0.3) is 0 Å². The van der Waals surface area contributed by atoms with Gasteiger partial charge in [0.15, 0.2) is 0 Å². The number of nitriles is 1. The standard InChI is InChI=1S/C18H23N3O6S/c1-18(2,3)27-17(24)20-8-9-21(15(11-20)16(22)23)28(25,26)12-14-7-5-4-6-13(14)10-19/h4-7,15H,8-9,11-12H2,1-3H3,(H,22,23)/t15-/m0/s1. The highest BCUT2D eigenvalue weighted by atomic mass is 32.2. The van der Waals surface area contributed by atoms with E-state index in [0.29, 0.717) is 5.56 Å². The maximum absolute atomic E-state index is 12.9. The zero-order valence-corrected chi connectivity index (χ0v) is 16.8. The van der Waals surface area contributed by atoms with Crippen LogP contribution in [0.2, 0.25) is 0 Å². The molecule has 0 saturated carbocycles. The third-order valence-electron chi connectivity index (χ3n) is 4.10. The van der Waals surface area contributed by atoms with E-state index < -0.39 is 39.5 Å². The number of piperazine rings is 1. The molecule has 1 saturated heterocycles. The van der Waals surface area contributed by atoms with E-state index in [0.717, 1.165) is 4.31 Å². The lowest BCUT2D eigenvalue weighted by Gasteiger charge is -2.38. The maximum atomic E-state index is 12.9. The van der Waals surface area contributed by atoms with Gasteiger partial charge in [-0.25, -0.2) is 13.2 Å². The lowest BCUT2D eigenvalue weighted by atomic mass is 10.1. The van der Waals surface area contributed by atoms with Gasteiger partial charge in [-0.15, -0.1) is 0 Å². The zero-order valence-electron chi connectivity index (χ0n) is 16.0. The van der Waals surface area contributed by atoms with Crippen LogP contribution in [0.5, 0.6) is 0 Å². The first-order valence-corrected chi connectivity index (χ1v) is 10.2. The molecule has 1 aliphatic heterocycles. The molecule has 152 valence electrons. The SMILES string of the molecule is CC(C)(C)OC(=O)N1CCN(S(=O)(=O)Cc2ccccc2C#N)[C@H](C(=O)O)C1. The maximum Gasteiger partial charge on any atom is 0.410 e. The molecule has 0 radical (unpaired) electrons. The molecule has 0 unspecified atom stereocenters. The Morgan fingerprint density at radius 2 is 1.93 bits per heavy atom. The molecule has 1 aromatic rings. The summed E-state index contributed by atoms with van der Waals surface area (Å²) in [5.74, 6) is -1.85. The molecule has 0 aromatic heterocycles. The lowest BCUT2D eigenvalue weighted by molar-refractivity contribution is -0.143. The molecular weight excluding hydrogens is 386 g/mol. The Bertz CT molecular complexity index is 901. The second kappa shape index (κ2) is 8.16. The van der Waals surface area contributed by atoms with Gasteiger partial charge in [0.05, 0.1) is 23.9 Å². The fraction of sp³-hybridized carbons (Fsp3) is 0.500. The van der Waals surface area contributed by atoms with Crippen molar-refractivity contribution in [3.05, 3.63) is 35.4 Å². The summed E-state index contributed by atoms with van der Waals surface area (Å²) < 4.78 is 31.8. The fourth-order valence-corrected chi connectivity index (χ4v) is 4.54. The van der Waals surface area contributed by atoms with Crippen molar-refractivity contribution >= 4 is 22.1 Å². The van der Waals surface area contributed by atoms with Crippen molar-refractivity contribution in [1.82, 2.24) is 9.21 Å². The second-order valence-electron chi connectivity index (χ2n) is 7.42. The molecule has 1 atom stereocenters. The monoisotopic (exact) mass is 409 g/mol. The van der Waals surface area contributed by atoms with E-state index in [-0.39, 0.29) is 25.2 Å². The Morgan fingerprint density at radius 3 is 2.50 bits per heavy atom. The molecule has 1 fully saturated rings. The lowest BCUT2D eigenvalue weighted by Crippen LogP contribution is -2.59. The van der Waals surface area contributed by atoms with Crippen molar-refractivity contribution in [2.75, 3.05) is 19.6 Å². The van der Waals surface area contributed by atoms with E-state index in [2.05, 4.69) is 0 Å².